The van der Waals surface area contributed by atoms with Crippen LogP contribution in [-0.2, 0) is 9.59 Å². The molecule has 0 aromatic carbocycles. The lowest BCUT2D eigenvalue weighted by Gasteiger charge is -2.46. The molecule has 4 heteroatoms. The monoisotopic (exact) mass is 253 g/mol. The first-order chi connectivity index (χ1) is 8.74. The minimum Gasteiger partial charge on any atom is -0.480 e. The van der Waals surface area contributed by atoms with Crippen LogP contribution in [0.15, 0.2) is 0 Å². The second kappa shape index (κ2) is 6.32. The van der Waals surface area contributed by atoms with Crippen LogP contribution in [0.5, 0.6) is 0 Å². The Labute approximate surface area is 108 Å². The molecule has 1 heterocycles. The smallest absolute Gasteiger partial charge is 0.320 e. The molecule has 3 atom stereocenters. The fourth-order valence-corrected chi connectivity index (χ4v) is 3.71. The van der Waals surface area contributed by atoms with E-state index in [1.54, 1.807) is 0 Å². The molecule has 2 aliphatic rings. The van der Waals surface area contributed by atoms with Gasteiger partial charge in [-0.05, 0) is 44.6 Å². The predicted octanol–water partition coefficient (Wildman–Crippen LogP) is 2.07. The third kappa shape index (κ3) is 2.91. The highest BCUT2D eigenvalue weighted by Crippen LogP contribution is 2.36. The van der Waals surface area contributed by atoms with Crippen molar-refractivity contribution in [1.82, 2.24) is 4.90 Å². The number of carboxylic acids is 1. The molecule has 0 amide bonds. The average molecular weight is 253 g/mol. The first kappa shape index (κ1) is 13.5. The molecule has 3 unspecified atom stereocenters. The Morgan fingerprint density at radius 2 is 2.00 bits per heavy atom. The van der Waals surface area contributed by atoms with Crippen LogP contribution >= 0.6 is 0 Å². The fraction of sp³-hybridized carbons (Fsp3) is 0.857. The fourth-order valence-electron chi connectivity index (χ4n) is 3.71. The molecule has 0 aromatic heterocycles. The van der Waals surface area contributed by atoms with Gasteiger partial charge in [0, 0.05) is 12.5 Å². The maximum Gasteiger partial charge on any atom is 0.320 e. The molecule has 0 bridgehead atoms. The summed E-state index contributed by atoms with van der Waals surface area (Å²) in [6.45, 7) is 0.886. The Hall–Kier alpha value is -0.900. The zero-order chi connectivity index (χ0) is 13.0. The van der Waals surface area contributed by atoms with Gasteiger partial charge in [0.2, 0.25) is 0 Å². The van der Waals surface area contributed by atoms with Crippen molar-refractivity contribution in [3.8, 4) is 0 Å². The summed E-state index contributed by atoms with van der Waals surface area (Å²) >= 11 is 0. The molecule has 18 heavy (non-hydrogen) atoms. The molecular formula is C14H23NO3. The van der Waals surface area contributed by atoms with Gasteiger partial charge >= 0.3 is 5.97 Å². The van der Waals surface area contributed by atoms with Gasteiger partial charge in [-0.1, -0.05) is 12.8 Å². The lowest BCUT2D eigenvalue weighted by Crippen LogP contribution is -2.54. The van der Waals surface area contributed by atoms with Crippen molar-refractivity contribution in [1.29, 1.82) is 0 Å². The number of likely N-dealkylation sites (tertiary alicyclic amines) is 1. The van der Waals surface area contributed by atoms with Gasteiger partial charge in [-0.3, -0.25) is 9.69 Å². The summed E-state index contributed by atoms with van der Waals surface area (Å²) in [5, 5.41) is 9.38. The average Bonchev–Trinajstić information content (AvgIpc) is 2.39. The molecule has 1 aliphatic carbocycles. The molecule has 4 nitrogen and oxygen atoms in total. The summed E-state index contributed by atoms with van der Waals surface area (Å²) in [7, 11) is 0. The number of aliphatic carboxylic acids is 1. The molecule has 1 saturated heterocycles. The van der Waals surface area contributed by atoms with E-state index in [4.69, 9.17) is 0 Å². The van der Waals surface area contributed by atoms with Gasteiger partial charge in [-0.15, -0.1) is 0 Å². The minimum atomic E-state index is -0.761. The van der Waals surface area contributed by atoms with Crippen LogP contribution in [0.4, 0.5) is 0 Å². The molecule has 0 aromatic rings. The highest BCUT2D eigenvalue weighted by Gasteiger charge is 2.38. The van der Waals surface area contributed by atoms with Gasteiger partial charge < -0.3 is 9.90 Å². The van der Waals surface area contributed by atoms with E-state index in [0.29, 0.717) is 24.8 Å². The van der Waals surface area contributed by atoms with Crippen molar-refractivity contribution in [2.75, 3.05) is 6.54 Å². The summed E-state index contributed by atoms with van der Waals surface area (Å²) in [6, 6.07) is -0.0126. The Kier molecular flexibility index (Phi) is 4.75. The Morgan fingerprint density at radius 1 is 1.28 bits per heavy atom. The van der Waals surface area contributed by atoms with E-state index in [-0.39, 0.29) is 0 Å². The van der Waals surface area contributed by atoms with Crippen molar-refractivity contribution in [3.05, 3.63) is 0 Å². The van der Waals surface area contributed by atoms with Gasteiger partial charge in [0.25, 0.3) is 0 Å². The standard InChI is InChI=1S/C14H23NO3/c16-10-4-8-13(14(17)18)15-9-3-6-11-5-1-2-7-12(11)15/h10-13H,1-9H2,(H,17,18). The molecule has 0 radical (unpaired) electrons. The van der Waals surface area contributed by atoms with Crippen LogP contribution in [-0.4, -0.2) is 40.9 Å². The second-order valence-electron chi connectivity index (χ2n) is 5.59. The third-order valence-corrected chi connectivity index (χ3v) is 4.53. The van der Waals surface area contributed by atoms with Crippen LogP contribution in [0.3, 0.4) is 0 Å². The number of hydrogen-bond acceptors (Lipinski definition) is 3. The van der Waals surface area contributed by atoms with Crippen molar-refractivity contribution in [2.24, 2.45) is 5.92 Å². The molecule has 0 spiro atoms. The molecular weight excluding hydrogens is 230 g/mol. The first-order valence-corrected chi connectivity index (χ1v) is 7.16. The number of aldehydes is 1. The van der Waals surface area contributed by atoms with E-state index in [1.165, 1.54) is 25.7 Å². The molecule has 102 valence electrons. The van der Waals surface area contributed by atoms with Crippen LogP contribution in [0, 0.1) is 5.92 Å². The SMILES string of the molecule is O=CCCC(C(=O)O)N1CCCC2CCCCC21. The number of rotatable bonds is 5. The topological polar surface area (TPSA) is 57.6 Å². The molecule has 1 saturated carbocycles. The number of nitrogens with zero attached hydrogens (tertiary/aromatic N) is 1. The van der Waals surface area contributed by atoms with Crippen LogP contribution in [0.2, 0.25) is 0 Å². The molecule has 2 fully saturated rings. The van der Waals surface area contributed by atoms with Gasteiger partial charge in [-0.2, -0.15) is 0 Å². The van der Waals surface area contributed by atoms with E-state index in [1.807, 2.05) is 0 Å². The molecule has 1 N–H and O–H groups in total. The zero-order valence-electron chi connectivity index (χ0n) is 10.9. The van der Waals surface area contributed by atoms with Gasteiger partial charge in [0.1, 0.15) is 12.3 Å². The van der Waals surface area contributed by atoms with Gasteiger partial charge in [0.15, 0.2) is 0 Å². The third-order valence-electron chi connectivity index (χ3n) is 4.53. The zero-order valence-corrected chi connectivity index (χ0v) is 10.9. The van der Waals surface area contributed by atoms with E-state index >= 15 is 0 Å². The van der Waals surface area contributed by atoms with Crippen LogP contribution < -0.4 is 0 Å². The summed E-state index contributed by atoms with van der Waals surface area (Å²) in [5.74, 6) is -0.0753. The van der Waals surface area contributed by atoms with Crippen molar-refractivity contribution < 1.29 is 14.7 Å². The Morgan fingerprint density at radius 3 is 2.72 bits per heavy atom. The van der Waals surface area contributed by atoms with Crippen molar-refractivity contribution in [3.63, 3.8) is 0 Å². The van der Waals surface area contributed by atoms with Gasteiger partial charge in [0.05, 0.1) is 0 Å². The van der Waals surface area contributed by atoms with Gasteiger partial charge in [-0.25, -0.2) is 0 Å². The highest BCUT2D eigenvalue weighted by atomic mass is 16.4. The maximum absolute atomic E-state index is 11.4. The lowest BCUT2D eigenvalue weighted by molar-refractivity contribution is -0.146. The summed E-state index contributed by atoms with van der Waals surface area (Å²) in [4.78, 5) is 24.1. The van der Waals surface area contributed by atoms with E-state index in [2.05, 4.69) is 4.90 Å². The summed E-state index contributed by atoms with van der Waals surface area (Å²) < 4.78 is 0. The van der Waals surface area contributed by atoms with Crippen molar-refractivity contribution in [2.45, 2.75) is 63.5 Å². The van der Waals surface area contributed by atoms with E-state index in [0.717, 1.165) is 25.7 Å². The predicted molar refractivity (Wildman–Crippen MR) is 68.4 cm³/mol. The number of fused-ring (bicyclic) bond motifs is 1. The molecule has 1 aliphatic heterocycles. The maximum atomic E-state index is 11.4. The second-order valence-corrected chi connectivity index (χ2v) is 5.59. The minimum absolute atomic E-state index is 0.352. The normalized spacial score (nSPS) is 30.4. The number of piperidine rings is 1. The molecule has 2 rings (SSSR count). The first-order valence-electron chi connectivity index (χ1n) is 7.16. The largest absolute Gasteiger partial charge is 0.480 e. The quantitative estimate of drug-likeness (QED) is 0.762. The number of carbonyl (C=O) groups excluding carboxylic acids is 1. The Bertz CT molecular complexity index is 303. The summed E-state index contributed by atoms with van der Waals surface area (Å²) in [5.41, 5.74) is 0. The van der Waals surface area contributed by atoms with E-state index < -0.39 is 12.0 Å². The number of hydrogen-bond donors (Lipinski definition) is 1. The number of carbonyl (C=O) groups is 2. The van der Waals surface area contributed by atoms with E-state index in [9.17, 15) is 14.7 Å². The number of carboxylic acid groups (broad SMARTS) is 1. The lowest BCUT2D eigenvalue weighted by atomic mass is 9.77. The van der Waals surface area contributed by atoms with Crippen LogP contribution in [0.1, 0.15) is 51.4 Å². The Balaban J connectivity index is 2.06. The highest BCUT2D eigenvalue weighted by molar-refractivity contribution is 5.74. The summed E-state index contributed by atoms with van der Waals surface area (Å²) in [6.07, 6.45) is 8.90. The van der Waals surface area contributed by atoms with Crippen LogP contribution in [0.25, 0.3) is 0 Å². The van der Waals surface area contributed by atoms with Crippen molar-refractivity contribution >= 4 is 12.3 Å².